The molecule has 0 aliphatic rings. The van der Waals surface area contributed by atoms with Crippen LogP contribution in [-0.4, -0.2) is 15.0 Å². The van der Waals surface area contributed by atoms with E-state index in [9.17, 15) is 8.78 Å². The first kappa shape index (κ1) is 7.59. The normalized spacial score (nSPS) is 12.0. The summed E-state index contributed by atoms with van der Waals surface area (Å²) in [6.07, 6.45) is 1.01. The molecule has 0 saturated carbocycles. The second kappa shape index (κ2) is 2.26. The van der Waals surface area contributed by atoms with Gasteiger partial charge in [0.1, 0.15) is 0 Å². The number of halogens is 3. The van der Waals surface area contributed by atoms with Crippen LogP contribution in [0.25, 0.3) is 0 Å². The zero-order valence-corrected chi connectivity index (χ0v) is 6.64. The van der Waals surface area contributed by atoms with Gasteiger partial charge in [-0.25, -0.2) is 0 Å². The summed E-state index contributed by atoms with van der Waals surface area (Å²) in [6.45, 7) is 0. The highest BCUT2D eigenvalue weighted by atomic mass is 79.9. The molecule has 3 nitrogen and oxygen atoms in total. The van der Waals surface area contributed by atoms with Gasteiger partial charge in [0.15, 0.2) is 5.69 Å². The van der Waals surface area contributed by atoms with Crippen LogP contribution in [0.1, 0.15) is 5.69 Å². The van der Waals surface area contributed by atoms with Gasteiger partial charge in [-0.2, -0.15) is 23.8 Å². The van der Waals surface area contributed by atoms with Crippen LogP contribution in [0.4, 0.5) is 8.78 Å². The highest BCUT2D eigenvalue weighted by Gasteiger charge is 2.30. The van der Waals surface area contributed by atoms with Gasteiger partial charge in [0.05, 0.1) is 6.20 Å². The first-order valence-corrected chi connectivity index (χ1v) is 3.23. The summed E-state index contributed by atoms with van der Waals surface area (Å²) in [5.41, 5.74) is -0.380. The zero-order chi connectivity index (χ0) is 7.78. The third-order valence-electron chi connectivity index (χ3n) is 0.890. The fourth-order valence-corrected chi connectivity index (χ4v) is 0.657. The molecule has 0 radical (unpaired) electrons. The van der Waals surface area contributed by atoms with Crippen LogP contribution in [0.3, 0.4) is 0 Å². The number of rotatable bonds is 1. The van der Waals surface area contributed by atoms with Gasteiger partial charge in [-0.15, -0.1) is 0 Å². The van der Waals surface area contributed by atoms with Crippen molar-refractivity contribution in [1.29, 1.82) is 0 Å². The Bertz CT molecular complexity index is 229. The summed E-state index contributed by atoms with van der Waals surface area (Å²) in [5.74, 6) is 0. The molecule has 10 heavy (non-hydrogen) atoms. The summed E-state index contributed by atoms with van der Waals surface area (Å²) < 4.78 is 24.5. The van der Waals surface area contributed by atoms with E-state index in [1.165, 1.54) is 7.05 Å². The average molecular weight is 212 g/mol. The number of hydrogen-bond donors (Lipinski definition) is 0. The molecule has 0 aromatic carbocycles. The molecule has 1 aromatic rings. The maximum absolute atomic E-state index is 12.3. The molecule has 0 spiro atoms. The fourth-order valence-electron chi connectivity index (χ4n) is 0.476. The van der Waals surface area contributed by atoms with Crippen molar-refractivity contribution < 1.29 is 8.78 Å². The molecule has 0 aliphatic carbocycles. The number of aromatic nitrogens is 3. The monoisotopic (exact) mass is 211 g/mol. The van der Waals surface area contributed by atoms with Crippen molar-refractivity contribution in [2.75, 3.05) is 0 Å². The van der Waals surface area contributed by atoms with Crippen molar-refractivity contribution in [1.82, 2.24) is 15.0 Å². The topological polar surface area (TPSA) is 30.7 Å². The van der Waals surface area contributed by atoms with E-state index in [4.69, 9.17) is 0 Å². The first-order chi connectivity index (χ1) is 4.50. The van der Waals surface area contributed by atoms with Crippen LogP contribution < -0.4 is 0 Å². The van der Waals surface area contributed by atoms with Crippen LogP contribution in [0.15, 0.2) is 6.20 Å². The Morgan fingerprint density at radius 3 is 2.50 bits per heavy atom. The van der Waals surface area contributed by atoms with E-state index in [1.807, 2.05) is 0 Å². The molecular formula is C4H4BrF2N3. The van der Waals surface area contributed by atoms with Crippen LogP contribution in [-0.2, 0) is 11.9 Å². The van der Waals surface area contributed by atoms with Crippen molar-refractivity contribution in [3.05, 3.63) is 11.9 Å². The summed E-state index contributed by atoms with van der Waals surface area (Å²) in [5, 5.41) is 6.87. The van der Waals surface area contributed by atoms with E-state index < -0.39 is 4.83 Å². The van der Waals surface area contributed by atoms with E-state index in [1.54, 1.807) is 0 Å². The Morgan fingerprint density at radius 2 is 2.30 bits per heavy atom. The first-order valence-electron chi connectivity index (χ1n) is 2.43. The average Bonchev–Trinajstić information content (AvgIpc) is 2.11. The van der Waals surface area contributed by atoms with Gasteiger partial charge in [0, 0.05) is 7.05 Å². The van der Waals surface area contributed by atoms with Gasteiger partial charge in [-0.3, -0.25) is 0 Å². The minimum Gasteiger partial charge on any atom is -0.188 e. The minimum atomic E-state index is -3.07. The Labute approximate surface area is 64.2 Å². The summed E-state index contributed by atoms with van der Waals surface area (Å²) in [6, 6.07) is 0. The van der Waals surface area contributed by atoms with Crippen LogP contribution in [0, 0.1) is 0 Å². The van der Waals surface area contributed by atoms with Gasteiger partial charge in [0.2, 0.25) is 0 Å². The van der Waals surface area contributed by atoms with Crippen molar-refractivity contribution in [2.45, 2.75) is 4.83 Å². The van der Waals surface area contributed by atoms with E-state index in [0.717, 1.165) is 11.0 Å². The SMILES string of the molecule is Cn1ncc(C(F)(F)Br)n1. The quantitative estimate of drug-likeness (QED) is 0.656. The third kappa shape index (κ3) is 1.50. The smallest absolute Gasteiger partial charge is 0.188 e. The highest BCUT2D eigenvalue weighted by molar-refractivity contribution is 9.09. The van der Waals surface area contributed by atoms with Crippen LogP contribution in [0.5, 0.6) is 0 Å². The van der Waals surface area contributed by atoms with Crippen LogP contribution >= 0.6 is 15.9 Å². The molecule has 0 amide bonds. The molecule has 1 heterocycles. The van der Waals surface area contributed by atoms with E-state index in [0.29, 0.717) is 0 Å². The van der Waals surface area contributed by atoms with Crippen molar-refractivity contribution >= 4 is 15.9 Å². The summed E-state index contributed by atoms with van der Waals surface area (Å²) >= 11 is 2.15. The molecule has 56 valence electrons. The van der Waals surface area contributed by atoms with Gasteiger partial charge >= 0.3 is 4.83 Å². The minimum absolute atomic E-state index is 0.380. The lowest BCUT2D eigenvalue weighted by Crippen LogP contribution is -2.04. The van der Waals surface area contributed by atoms with Crippen molar-refractivity contribution in [2.24, 2.45) is 7.05 Å². The van der Waals surface area contributed by atoms with Gasteiger partial charge < -0.3 is 0 Å². The molecular weight excluding hydrogens is 208 g/mol. The fraction of sp³-hybridized carbons (Fsp3) is 0.500. The number of nitrogens with zero attached hydrogens (tertiary/aromatic N) is 3. The highest BCUT2D eigenvalue weighted by Crippen LogP contribution is 2.32. The molecule has 0 aliphatic heterocycles. The molecule has 1 aromatic heterocycles. The molecule has 6 heteroatoms. The molecule has 0 unspecified atom stereocenters. The van der Waals surface area contributed by atoms with E-state index in [-0.39, 0.29) is 5.69 Å². The zero-order valence-electron chi connectivity index (χ0n) is 5.05. The second-order valence-corrected chi connectivity index (χ2v) is 2.71. The van der Waals surface area contributed by atoms with Gasteiger partial charge in [0.25, 0.3) is 0 Å². The van der Waals surface area contributed by atoms with Gasteiger partial charge in [-0.1, -0.05) is 0 Å². The molecule has 1 rings (SSSR count). The van der Waals surface area contributed by atoms with E-state index >= 15 is 0 Å². The second-order valence-electron chi connectivity index (χ2n) is 1.72. The maximum atomic E-state index is 12.3. The molecule has 0 N–H and O–H groups in total. The third-order valence-corrected chi connectivity index (χ3v) is 1.30. The Morgan fingerprint density at radius 1 is 1.70 bits per heavy atom. The van der Waals surface area contributed by atoms with E-state index in [2.05, 4.69) is 26.1 Å². The van der Waals surface area contributed by atoms with Crippen molar-refractivity contribution in [3.63, 3.8) is 0 Å². The predicted octanol–water partition coefficient (Wildman–Crippen LogP) is 1.26. The van der Waals surface area contributed by atoms with Crippen molar-refractivity contribution in [3.8, 4) is 0 Å². The molecule has 0 fully saturated rings. The molecule has 0 atom stereocenters. The number of aryl methyl sites for hydroxylation is 1. The lowest BCUT2D eigenvalue weighted by molar-refractivity contribution is 0.108. The maximum Gasteiger partial charge on any atom is 0.346 e. The molecule has 0 bridgehead atoms. The lowest BCUT2D eigenvalue weighted by Gasteiger charge is -2.00. The lowest BCUT2D eigenvalue weighted by atomic mass is 10.5. The Hall–Kier alpha value is -0.520. The molecule has 0 saturated heterocycles. The van der Waals surface area contributed by atoms with Crippen LogP contribution in [0.2, 0.25) is 0 Å². The Balaban J connectivity index is 2.96. The number of alkyl halides is 3. The standard InChI is InChI=1S/C4H4BrF2N3/c1-10-8-2-3(9-10)4(5,6)7/h2H,1H3. The predicted molar refractivity (Wildman–Crippen MR) is 33.8 cm³/mol. The van der Waals surface area contributed by atoms with Gasteiger partial charge in [-0.05, 0) is 15.9 Å². The number of hydrogen-bond acceptors (Lipinski definition) is 2. The Kier molecular flexibility index (Phi) is 1.72. The summed E-state index contributed by atoms with van der Waals surface area (Å²) in [4.78, 5) is -1.99. The summed E-state index contributed by atoms with van der Waals surface area (Å²) in [7, 11) is 1.47. The largest absolute Gasteiger partial charge is 0.346 e.